The van der Waals surface area contributed by atoms with Gasteiger partial charge in [-0.05, 0) is 119 Å². The molecule has 0 spiro atoms. The van der Waals surface area contributed by atoms with E-state index in [0.717, 1.165) is 24.6 Å². The first-order valence-corrected chi connectivity index (χ1v) is 40.0. The predicted octanol–water partition coefficient (Wildman–Crippen LogP) is -5.21. The van der Waals surface area contributed by atoms with Crippen LogP contribution in [0.25, 0.3) is 10.9 Å². The average molecular weight is 1650 g/mol. The van der Waals surface area contributed by atoms with Gasteiger partial charge in [0.25, 0.3) is 0 Å². The lowest BCUT2D eigenvalue weighted by Crippen LogP contribution is -2.63. The summed E-state index contributed by atoms with van der Waals surface area (Å²) in [6.07, 6.45) is -5.40. The Bertz CT molecular complexity index is 4150. The van der Waals surface area contributed by atoms with Gasteiger partial charge in [-0.25, -0.2) is 4.79 Å². The van der Waals surface area contributed by atoms with Crippen LogP contribution in [0.5, 0.6) is 5.75 Å². The Hall–Kier alpha value is -11.3. The molecule has 0 saturated carbocycles. The molecule has 116 heavy (non-hydrogen) atoms. The monoisotopic (exact) mass is 1650 g/mol. The highest BCUT2D eigenvalue weighted by atomic mass is 33.1. The van der Waals surface area contributed by atoms with Gasteiger partial charge in [0, 0.05) is 48.4 Å². The van der Waals surface area contributed by atoms with Crippen molar-refractivity contribution in [3.63, 3.8) is 0 Å². The number of aliphatic hydroxyl groups is 3. The van der Waals surface area contributed by atoms with Crippen LogP contribution in [0.3, 0.4) is 0 Å². The summed E-state index contributed by atoms with van der Waals surface area (Å²) in [5.41, 5.74) is 25.3. The summed E-state index contributed by atoms with van der Waals surface area (Å²) in [7, 11) is 1.47. The number of carboxylic acid groups (broad SMARTS) is 1. The lowest BCUT2D eigenvalue weighted by molar-refractivity contribution is -0.142. The summed E-state index contributed by atoms with van der Waals surface area (Å²) in [6.45, 7) is 1.77. The number of aliphatic hydroxyl groups excluding tert-OH is 3. The highest BCUT2D eigenvalue weighted by Crippen LogP contribution is 2.24. The molecule has 2 heterocycles. The number of primary amides is 1. The Morgan fingerprint density at radius 3 is 1.36 bits per heavy atom. The number of unbranched alkanes of at least 4 members (excludes halogenated alkanes) is 2. The van der Waals surface area contributed by atoms with Crippen molar-refractivity contribution in [1.29, 1.82) is 0 Å². The fourth-order valence-electron chi connectivity index (χ4n) is 11.9. The number of phenolic OH excluding ortho intramolecular Hbond substituents is 1. The maximum Gasteiger partial charge on any atom is 0.327 e. The van der Waals surface area contributed by atoms with Crippen LogP contribution in [0.1, 0.15) is 88.1 Å². The number of aromatic amines is 1. The molecule has 15 atom stereocenters. The maximum absolute atomic E-state index is 15.4. The standard InChI is InChI=1S/C76H104N18O20S2/c1-40(79)64(101)81-36-61(100)83-58-38-115-116-39-59(76(113)114)92-72(109)57(37-95)91-75(112)63(42(3)97)94-71(108)54(32-45-24-26-48(98)27-25-45)90-74(111)62(41(2)96)93-66(103)51(23-13-15-29-78)84-69(106)55(34-47-33-46-20-10-11-21-49(46)82-47)88-68(105)53(31-44-18-8-5-9-19-44)86-67(104)52(30-43-16-6-4-7-17-43)87-70(107)56(35-60(80)99)89-65(102)50(85-73(58)110)22-12-14-28-77/h4-11,16-21,24-27,33,40-42,50-59,62-63,82,95-98H,12-15,22-23,28-32,34-39,77-79H2,1-3H3,(H2,80,99)(H,81,101)(H,83,100)(H,84,106)(H,85,110)(H,86,104)(H,87,107)(H,88,105)(H,89,102)(H,90,111)(H,91,112)(H,92,109)(H,93,103)(H,94,108)(H,113,114). The molecule has 1 fully saturated rings. The predicted molar refractivity (Wildman–Crippen MR) is 427 cm³/mol. The lowest BCUT2D eigenvalue weighted by atomic mass is 10.0. The number of carboxylic acids is 1. The van der Waals surface area contributed by atoms with E-state index in [4.69, 9.17) is 22.9 Å². The first-order valence-electron chi connectivity index (χ1n) is 37.5. The molecule has 27 N–H and O–H groups in total. The number of aromatic hydroxyl groups is 1. The molecule has 0 bridgehead atoms. The number of nitrogens with one attached hydrogen (secondary N) is 14. The number of aliphatic carboxylic acids is 1. The summed E-state index contributed by atoms with van der Waals surface area (Å²) in [6, 6.07) is 8.13. The quantitative estimate of drug-likeness (QED) is 0.0182. The number of benzene rings is 4. The maximum atomic E-state index is 15.4. The van der Waals surface area contributed by atoms with Crippen LogP contribution in [0.4, 0.5) is 0 Å². The van der Waals surface area contributed by atoms with E-state index < -0.39 is 217 Å². The smallest absolute Gasteiger partial charge is 0.327 e. The zero-order valence-electron chi connectivity index (χ0n) is 64.1. The van der Waals surface area contributed by atoms with Gasteiger partial charge in [-0.3, -0.25) is 67.1 Å². The molecule has 4 aromatic carbocycles. The fraction of sp³-hybridized carbons (Fsp3) is 0.461. The highest BCUT2D eigenvalue weighted by Gasteiger charge is 2.40. The minimum atomic E-state index is -2.03. The first kappa shape index (κ1) is 93.6. The number of aromatic nitrogens is 1. The number of hydrogen-bond donors (Lipinski definition) is 23. The lowest BCUT2D eigenvalue weighted by Gasteiger charge is -2.29. The number of H-pyrrole nitrogens is 1. The molecule has 38 nitrogen and oxygen atoms in total. The molecule has 0 aliphatic carbocycles. The highest BCUT2D eigenvalue weighted by molar-refractivity contribution is 8.76. The number of rotatable bonds is 26. The van der Waals surface area contributed by atoms with Crippen molar-refractivity contribution in [2.75, 3.05) is 37.7 Å². The third kappa shape index (κ3) is 30.8. The van der Waals surface area contributed by atoms with E-state index in [1.165, 1.54) is 31.2 Å². The zero-order valence-corrected chi connectivity index (χ0v) is 65.8. The first-order chi connectivity index (χ1) is 55.3. The number of para-hydroxylation sites is 1. The van der Waals surface area contributed by atoms with Crippen molar-refractivity contribution in [1.82, 2.24) is 74.1 Å². The van der Waals surface area contributed by atoms with Gasteiger partial charge in [-0.2, -0.15) is 0 Å². The van der Waals surface area contributed by atoms with Crippen LogP contribution in [0.15, 0.2) is 115 Å². The second-order valence-corrected chi connectivity index (χ2v) is 30.3. The van der Waals surface area contributed by atoms with Gasteiger partial charge >= 0.3 is 5.97 Å². The van der Waals surface area contributed by atoms with Crippen LogP contribution >= 0.6 is 21.6 Å². The summed E-state index contributed by atoms with van der Waals surface area (Å²) < 4.78 is 0. The van der Waals surface area contributed by atoms with Crippen LogP contribution in [-0.2, 0) is 97.6 Å². The van der Waals surface area contributed by atoms with Crippen molar-refractivity contribution in [3.8, 4) is 5.75 Å². The molecule has 1 aliphatic rings. The number of amides is 14. The van der Waals surface area contributed by atoms with Crippen molar-refractivity contribution < 1.29 is 97.5 Å². The zero-order chi connectivity index (χ0) is 85.1. The van der Waals surface area contributed by atoms with E-state index in [-0.39, 0.29) is 75.8 Å². The third-order valence-electron chi connectivity index (χ3n) is 18.3. The Morgan fingerprint density at radius 2 is 0.888 bits per heavy atom. The van der Waals surface area contributed by atoms with Crippen LogP contribution in [-0.4, -0.2) is 248 Å². The number of nitrogens with two attached hydrogens (primary N) is 4. The molecule has 1 aliphatic heterocycles. The number of phenols is 1. The molecule has 40 heteroatoms. The SMILES string of the molecule is CC(N)C(=O)NCC(=O)NC1CSSCC(C(=O)O)NC(=O)C(CO)NC(=O)C(C(C)O)NC(=O)C(Cc2ccc(O)cc2)NC(=O)C(C(C)O)NC(=O)C(CCCCN)NC(=O)C(Cc2cc3ccccc3[nH]2)NC(=O)C(Cc2ccccc2)NC(=O)C(Cc2ccccc2)NC(=O)C(CC(N)=O)NC(=O)C(CCCCN)NC1=O. The second-order valence-electron chi connectivity index (χ2n) is 27.8. The molecule has 630 valence electrons. The normalized spacial score (nSPS) is 23.6. The van der Waals surface area contributed by atoms with Gasteiger partial charge in [0.15, 0.2) is 0 Å². The molecule has 0 radical (unpaired) electrons. The molecule has 6 rings (SSSR count). The van der Waals surface area contributed by atoms with Gasteiger partial charge < -0.3 is 123 Å². The van der Waals surface area contributed by atoms with E-state index >= 15 is 14.4 Å². The topological polar surface area (TPSA) is 633 Å². The van der Waals surface area contributed by atoms with E-state index in [0.29, 0.717) is 44.9 Å². The van der Waals surface area contributed by atoms with Crippen molar-refractivity contribution >= 4 is 121 Å². The number of hydrogen-bond acceptors (Lipinski definition) is 24. The van der Waals surface area contributed by atoms with Gasteiger partial charge in [0.05, 0.1) is 37.8 Å². The molecule has 14 amide bonds. The molecule has 1 saturated heterocycles. The fourth-order valence-corrected chi connectivity index (χ4v) is 14.2. The van der Waals surface area contributed by atoms with Gasteiger partial charge in [-0.1, -0.05) is 113 Å². The minimum Gasteiger partial charge on any atom is -0.508 e. The average Bonchev–Trinajstić information content (AvgIpc) is 1.68. The Balaban J connectivity index is 1.47. The molecular weight excluding hydrogens is 1550 g/mol. The summed E-state index contributed by atoms with van der Waals surface area (Å²) in [4.78, 5) is 217. The molecule has 5 aromatic rings. The summed E-state index contributed by atoms with van der Waals surface area (Å²) >= 11 is 0. The van der Waals surface area contributed by atoms with Crippen molar-refractivity contribution in [2.24, 2.45) is 22.9 Å². The van der Waals surface area contributed by atoms with Crippen LogP contribution in [0.2, 0.25) is 0 Å². The van der Waals surface area contributed by atoms with Crippen molar-refractivity contribution in [2.45, 2.75) is 182 Å². The molecular formula is C76H104N18O20S2. The van der Waals surface area contributed by atoms with E-state index in [9.17, 15) is 83.1 Å². The Morgan fingerprint density at radius 1 is 0.483 bits per heavy atom. The summed E-state index contributed by atoms with van der Waals surface area (Å²) in [5, 5.41) is 86.0. The largest absolute Gasteiger partial charge is 0.508 e. The second kappa shape index (κ2) is 47.6. The molecule has 1 aromatic heterocycles. The van der Waals surface area contributed by atoms with E-state index in [2.05, 4.69) is 74.1 Å². The third-order valence-corrected chi connectivity index (χ3v) is 20.7. The Labute approximate surface area is 675 Å². The number of carbonyl (C=O) groups excluding carboxylic acids is 14. The van der Waals surface area contributed by atoms with E-state index in [1.54, 1.807) is 91.0 Å². The van der Waals surface area contributed by atoms with Gasteiger partial charge in [-0.15, -0.1) is 0 Å². The Kier molecular flexibility index (Phi) is 38.4. The number of carbonyl (C=O) groups is 15. The van der Waals surface area contributed by atoms with Gasteiger partial charge in [0.2, 0.25) is 82.7 Å². The summed E-state index contributed by atoms with van der Waals surface area (Å²) in [5.74, 6) is -18.3. The van der Waals surface area contributed by atoms with Gasteiger partial charge in [0.1, 0.15) is 78.3 Å². The van der Waals surface area contributed by atoms with Crippen LogP contribution in [0, 0.1) is 0 Å². The van der Waals surface area contributed by atoms with Crippen LogP contribution < -0.4 is 92.1 Å². The minimum absolute atomic E-state index is 0.0986. The number of fused-ring (bicyclic) bond motifs is 1. The molecule has 15 unspecified atom stereocenters. The van der Waals surface area contributed by atoms with Crippen molar-refractivity contribution in [3.05, 3.63) is 138 Å². The van der Waals surface area contributed by atoms with E-state index in [1.807, 2.05) is 0 Å².